The highest BCUT2D eigenvalue weighted by Gasteiger charge is 2.19. The molecule has 0 radical (unpaired) electrons. The van der Waals surface area contributed by atoms with Crippen molar-refractivity contribution in [3.63, 3.8) is 0 Å². The average Bonchev–Trinajstić information content (AvgIpc) is 3.11. The van der Waals surface area contributed by atoms with Gasteiger partial charge >= 0.3 is 0 Å². The van der Waals surface area contributed by atoms with Gasteiger partial charge in [-0.1, -0.05) is 37.3 Å². The molecule has 0 saturated heterocycles. The van der Waals surface area contributed by atoms with E-state index < -0.39 is 5.82 Å². The molecule has 1 atom stereocenters. The highest BCUT2D eigenvalue weighted by atomic mass is 19.1. The van der Waals surface area contributed by atoms with E-state index in [0.29, 0.717) is 12.1 Å². The Morgan fingerprint density at radius 3 is 2.67 bits per heavy atom. The lowest BCUT2D eigenvalue weighted by molar-refractivity contribution is -0.117. The van der Waals surface area contributed by atoms with Crippen LogP contribution in [0.5, 0.6) is 0 Å². The highest BCUT2D eigenvalue weighted by molar-refractivity contribution is 5.95. The van der Waals surface area contributed by atoms with E-state index in [4.69, 9.17) is 0 Å². The number of hydrogen-bond donors (Lipinski definition) is 1. The van der Waals surface area contributed by atoms with Gasteiger partial charge in [0.15, 0.2) is 5.82 Å². The maximum atomic E-state index is 14.2. The van der Waals surface area contributed by atoms with E-state index in [0.717, 1.165) is 5.56 Å². The molecule has 0 bridgehead atoms. The Labute approximate surface area is 139 Å². The molecule has 3 rings (SSSR count). The fourth-order valence-electron chi connectivity index (χ4n) is 2.59. The highest BCUT2D eigenvalue weighted by Crippen LogP contribution is 2.23. The van der Waals surface area contributed by atoms with E-state index in [-0.39, 0.29) is 17.5 Å². The first-order chi connectivity index (χ1) is 11.7. The van der Waals surface area contributed by atoms with Crippen LogP contribution in [-0.2, 0) is 4.79 Å². The van der Waals surface area contributed by atoms with Crippen LogP contribution in [0.4, 0.5) is 10.1 Å². The van der Waals surface area contributed by atoms with Crippen LogP contribution < -0.4 is 5.32 Å². The van der Waals surface area contributed by atoms with Crippen molar-refractivity contribution in [1.29, 1.82) is 0 Å². The molecule has 1 aromatic heterocycles. The first-order valence-corrected chi connectivity index (χ1v) is 7.69. The molecule has 0 fully saturated rings. The lowest BCUT2D eigenvalue weighted by Gasteiger charge is -2.16. The Bertz CT molecular complexity index is 818. The summed E-state index contributed by atoms with van der Waals surface area (Å²) in [6.45, 7) is 1.95. The van der Waals surface area contributed by atoms with Crippen molar-refractivity contribution in [2.24, 2.45) is 0 Å². The summed E-state index contributed by atoms with van der Waals surface area (Å²) in [6.07, 6.45) is 3.41. The smallest absolute Gasteiger partial charge is 0.231 e. The van der Waals surface area contributed by atoms with Crippen molar-refractivity contribution in [2.75, 3.05) is 5.32 Å². The van der Waals surface area contributed by atoms with E-state index >= 15 is 0 Å². The third-order valence-electron chi connectivity index (χ3n) is 3.81. The van der Waals surface area contributed by atoms with E-state index in [9.17, 15) is 9.18 Å². The van der Waals surface area contributed by atoms with Crippen molar-refractivity contribution in [3.05, 3.63) is 72.6 Å². The zero-order chi connectivity index (χ0) is 16.9. The van der Waals surface area contributed by atoms with Crippen LogP contribution >= 0.6 is 0 Å². The molecule has 0 saturated carbocycles. The zero-order valence-corrected chi connectivity index (χ0v) is 13.2. The van der Waals surface area contributed by atoms with Crippen LogP contribution in [0.3, 0.4) is 0 Å². The second kappa shape index (κ2) is 7.04. The third-order valence-corrected chi connectivity index (χ3v) is 3.81. The molecule has 6 heteroatoms. The summed E-state index contributed by atoms with van der Waals surface area (Å²) in [4.78, 5) is 16.3. The standard InChI is InChI=1S/C18H17FN4O/c1-2-15(13-6-4-3-5-7-13)18(24)22-14-8-9-17(16(19)10-14)23-12-20-11-21-23/h3-12,15H,2H2,1H3,(H,22,24)/t15-/m0/s1. The van der Waals surface area contributed by atoms with Crippen LogP contribution in [0.2, 0.25) is 0 Å². The number of nitrogens with one attached hydrogen (secondary N) is 1. The van der Waals surface area contributed by atoms with Gasteiger partial charge < -0.3 is 5.32 Å². The van der Waals surface area contributed by atoms with E-state index in [2.05, 4.69) is 15.4 Å². The molecule has 0 aliphatic carbocycles. The van der Waals surface area contributed by atoms with Gasteiger partial charge in [0.25, 0.3) is 0 Å². The first-order valence-electron chi connectivity index (χ1n) is 7.69. The summed E-state index contributed by atoms with van der Waals surface area (Å²) in [5.74, 6) is -0.910. The zero-order valence-electron chi connectivity index (χ0n) is 13.2. The molecule has 1 heterocycles. The summed E-state index contributed by atoms with van der Waals surface area (Å²) in [6, 6.07) is 14.0. The Kier molecular flexibility index (Phi) is 4.65. The largest absolute Gasteiger partial charge is 0.325 e. The minimum Gasteiger partial charge on any atom is -0.325 e. The summed E-state index contributed by atoms with van der Waals surface area (Å²) >= 11 is 0. The van der Waals surface area contributed by atoms with Gasteiger partial charge in [-0.25, -0.2) is 14.1 Å². The number of halogens is 1. The van der Waals surface area contributed by atoms with Gasteiger partial charge in [-0.2, -0.15) is 5.10 Å². The fraction of sp³-hybridized carbons (Fsp3) is 0.167. The molecule has 0 aliphatic rings. The number of nitrogens with zero attached hydrogens (tertiary/aromatic N) is 3. The molecule has 2 aromatic carbocycles. The summed E-state index contributed by atoms with van der Waals surface area (Å²) in [7, 11) is 0. The number of hydrogen-bond acceptors (Lipinski definition) is 3. The van der Waals surface area contributed by atoms with Gasteiger partial charge in [0.2, 0.25) is 5.91 Å². The van der Waals surface area contributed by atoms with Gasteiger partial charge in [-0.15, -0.1) is 0 Å². The number of carbonyl (C=O) groups is 1. The minimum absolute atomic E-state index is 0.156. The molecule has 122 valence electrons. The normalized spacial score (nSPS) is 11.9. The Morgan fingerprint density at radius 1 is 1.25 bits per heavy atom. The second-order valence-corrected chi connectivity index (χ2v) is 5.37. The lowest BCUT2D eigenvalue weighted by Crippen LogP contribution is -2.20. The van der Waals surface area contributed by atoms with Crippen molar-refractivity contribution < 1.29 is 9.18 Å². The maximum absolute atomic E-state index is 14.2. The predicted molar refractivity (Wildman–Crippen MR) is 89.4 cm³/mol. The molecule has 1 N–H and O–H groups in total. The van der Waals surface area contributed by atoms with Gasteiger partial charge in [0.05, 0.1) is 5.92 Å². The maximum Gasteiger partial charge on any atom is 0.231 e. The number of amides is 1. The monoisotopic (exact) mass is 324 g/mol. The minimum atomic E-state index is -0.481. The van der Waals surface area contributed by atoms with Crippen LogP contribution in [-0.4, -0.2) is 20.7 Å². The van der Waals surface area contributed by atoms with Crippen LogP contribution in [0, 0.1) is 5.82 Å². The number of carbonyl (C=O) groups excluding carboxylic acids is 1. The van der Waals surface area contributed by atoms with Gasteiger partial charge in [-0.3, -0.25) is 4.79 Å². The summed E-state index contributed by atoms with van der Waals surface area (Å²) in [5.41, 5.74) is 1.63. The molecule has 24 heavy (non-hydrogen) atoms. The molecule has 0 aliphatic heterocycles. The second-order valence-electron chi connectivity index (χ2n) is 5.37. The first kappa shape index (κ1) is 15.9. The Hall–Kier alpha value is -3.02. The van der Waals surface area contributed by atoms with Gasteiger partial charge in [0, 0.05) is 5.69 Å². The van der Waals surface area contributed by atoms with E-state index in [1.54, 1.807) is 12.1 Å². The summed E-state index contributed by atoms with van der Waals surface area (Å²) < 4.78 is 15.6. The predicted octanol–water partition coefficient (Wildman–Crippen LogP) is 3.54. The molecule has 1 amide bonds. The molecule has 5 nitrogen and oxygen atoms in total. The number of aromatic nitrogens is 3. The molecule has 3 aromatic rings. The van der Waals surface area contributed by atoms with Gasteiger partial charge in [-0.05, 0) is 30.2 Å². The van der Waals surface area contributed by atoms with Crippen LogP contribution in [0.15, 0.2) is 61.2 Å². The molecule has 0 unspecified atom stereocenters. The van der Waals surface area contributed by atoms with Crippen molar-refractivity contribution in [3.8, 4) is 5.69 Å². The van der Waals surface area contributed by atoms with Crippen molar-refractivity contribution >= 4 is 11.6 Å². The summed E-state index contributed by atoms with van der Waals surface area (Å²) in [5, 5.41) is 6.68. The lowest BCUT2D eigenvalue weighted by atomic mass is 9.95. The van der Waals surface area contributed by atoms with Crippen molar-refractivity contribution in [1.82, 2.24) is 14.8 Å². The average molecular weight is 324 g/mol. The molecular weight excluding hydrogens is 307 g/mol. The fourth-order valence-corrected chi connectivity index (χ4v) is 2.59. The van der Waals surface area contributed by atoms with E-state index in [1.807, 2.05) is 37.3 Å². The van der Waals surface area contributed by atoms with Crippen LogP contribution in [0.25, 0.3) is 5.69 Å². The van der Waals surface area contributed by atoms with E-state index in [1.165, 1.54) is 23.4 Å². The third kappa shape index (κ3) is 3.32. The number of benzene rings is 2. The van der Waals surface area contributed by atoms with Crippen molar-refractivity contribution in [2.45, 2.75) is 19.3 Å². The van der Waals surface area contributed by atoms with Gasteiger partial charge in [0.1, 0.15) is 18.3 Å². The van der Waals surface area contributed by atoms with Crippen LogP contribution in [0.1, 0.15) is 24.8 Å². The Balaban J connectivity index is 1.78. The SMILES string of the molecule is CC[C@H](C(=O)Nc1ccc(-n2cncn2)c(F)c1)c1ccccc1. The molecule has 0 spiro atoms. The number of anilines is 1. The Morgan fingerprint density at radius 2 is 2.04 bits per heavy atom. The quantitative estimate of drug-likeness (QED) is 0.781. The molecular formula is C18H17FN4O. The number of rotatable bonds is 5. The topological polar surface area (TPSA) is 59.8 Å².